The van der Waals surface area contributed by atoms with Crippen LogP contribution in [0.25, 0.3) is 10.9 Å². The molecule has 0 atom stereocenters. The highest BCUT2D eigenvalue weighted by atomic mass is 19.1. The molecule has 0 saturated carbocycles. The second-order valence-electron chi connectivity index (χ2n) is 4.68. The number of aromatic nitrogens is 1. The number of benzene rings is 1. The lowest BCUT2D eigenvalue weighted by atomic mass is 10.1. The van der Waals surface area contributed by atoms with Gasteiger partial charge in [-0.05, 0) is 24.6 Å². The molecule has 0 spiro atoms. The number of rotatable bonds is 6. The molecule has 0 aliphatic heterocycles. The summed E-state index contributed by atoms with van der Waals surface area (Å²) in [6.07, 6.45) is 4.37. The van der Waals surface area contributed by atoms with Crippen LogP contribution in [0, 0.1) is 5.82 Å². The first-order valence-electron chi connectivity index (χ1n) is 6.72. The number of Topliss-reactive ketones (excluding diaryl/α,β-unsaturated/α-hetero) is 1. The van der Waals surface area contributed by atoms with Gasteiger partial charge in [-0.1, -0.05) is 19.8 Å². The first-order chi connectivity index (χ1) is 9.63. The van der Waals surface area contributed by atoms with E-state index in [4.69, 9.17) is 0 Å². The van der Waals surface area contributed by atoms with E-state index in [0.29, 0.717) is 17.4 Å². The SMILES string of the molecule is CCCCCNC(=O)C(=O)c1c[nH]c2cc(F)ccc12. The Morgan fingerprint density at radius 3 is 2.85 bits per heavy atom. The van der Waals surface area contributed by atoms with Crippen molar-refractivity contribution in [2.24, 2.45) is 0 Å². The number of ketones is 1. The van der Waals surface area contributed by atoms with Gasteiger partial charge in [-0.3, -0.25) is 9.59 Å². The lowest BCUT2D eigenvalue weighted by molar-refractivity contribution is -0.117. The zero-order valence-electron chi connectivity index (χ0n) is 11.3. The molecule has 0 bridgehead atoms. The van der Waals surface area contributed by atoms with Crippen molar-refractivity contribution in [3.8, 4) is 0 Å². The summed E-state index contributed by atoms with van der Waals surface area (Å²) in [6, 6.07) is 4.07. The lowest BCUT2D eigenvalue weighted by Crippen LogP contribution is -2.31. The summed E-state index contributed by atoms with van der Waals surface area (Å²) in [5, 5.41) is 3.16. The number of fused-ring (bicyclic) bond motifs is 1. The summed E-state index contributed by atoms with van der Waals surface area (Å²) in [5.41, 5.74) is 0.778. The molecule has 5 heteroatoms. The van der Waals surface area contributed by atoms with E-state index in [-0.39, 0.29) is 11.4 Å². The number of aromatic amines is 1. The first-order valence-corrected chi connectivity index (χ1v) is 6.72. The highest BCUT2D eigenvalue weighted by Gasteiger charge is 2.19. The van der Waals surface area contributed by atoms with E-state index in [1.165, 1.54) is 24.4 Å². The predicted octanol–water partition coefficient (Wildman–Crippen LogP) is 2.80. The number of carbonyl (C=O) groups excluding carboxylic acids is 2. The van der Waals surface area contributed by atoms with E-state index in [2.05, 4.69) is 17.2 Å². The summed E-state index contributed by atoms with van der Waals surface area (Å²) >= 11 is 0. The van der Waals surface area contributed by atoms with Gasteiger partial charge in [-0.2, -0.15) is 0 Å². The average Bonchev–Trinajstić information content (AvgIpc) is 2.85. The Labute approximate surface area is 116 Å². The van der Waals surface area contributed by atoms with Crippen molar-refractivity contribution >= 4 is 22.6 Å². The van der Waals surface area contributed by atoms with Gasteiger partial charge in [0.25, 0.3) is 11.7 Å². The van der Waals surface area contributed by atoms with Crippen molar-refractivity contribution in [2.45, 2.75) is 26.2 Å². The zero-order valence-corrected chi connectivity index (χ0v) is 11.3. The largest absolute Gasteiger partial charge is 0.360 e. The van der Waals surface area contributed by atoms with Gasteiger partial charge in [0.2, 0.25) is 0 Å². The number of unbranched alkanes of at least 4 members (excludes halogenated alkanes) is 2. The fraction of sp³-hybridized carbons (Fsp3) is 0.333. The Balaban J connectivity index is 2.09. The van der Waals surface area contributed by atoms with Crippen molar-refractivity contribution in [1.82, 2.24) is 10.3 Å². The maximum absolute atomic E-state index is 13.1. The second-order valence-corrected chi connectivity index (χ2v) is 4.68. The topological polar surface area (TPSA) is 62.0 Å². The summed E-state index contributed by atoms with van der Waals surface area (Å²) in [6.45, 7) is 2.56. The minimum absolute atomic E-state index is 0.271. The van der Waals surface area contributed by atoms with Gasteiger partial charge in [-0.15, -0.1) is 0 Å². The van der Waals surface area contributed by atoms with Crippen LogP contribution in [-0.4, -0.2) is 23.2 Å². The van der Waals surface area contributed by atoms with Crippen LogP contribution in [-0.2, 0) is 4.79 Å². The molecule has 0 radical (unpaired) electrons. The van der Waals surface area contributed by atoms with E-state index < -0.39 is 11.7 Å². The van der Waals surface area contributed by atoms with E-state index >= 15 is 0 Å². The van der Waals surface area contributed by atoms with Crippen molar-refractivity contribution in [3.63, 3.8) is 0 Å². The summed E-state index contributed by atoms with van der Waals surface area (Å²) in [5.74, 6) is -1.60. The molecular formula is C15H17FN2O2. The maximum atomic E-state index is 13.1. The van der Waals surface area contributed by atoms with Crippen molar-refractivity contribution < 1.29 is 14.0 Å². The maximum Gasteiger partial charge on any atom is 0.292 e. The number of halogens is 1. The zero-order chi connectivity index (χ0) is 14.5. The van der Waals surface area contributed by atoms with Crippen LogP contribution in [0.4, 0.5) is 4.39 Å². The third-order valence-corrected chi connectivity index (χ3v) is 3.16. The Bertz CT molecular complexity index is 634. The van der Waals surface area contributed by atoms with Crippen molar-refractivity contribution in [1.29, 1.82) is 0 Å². The second kappa shape index (κ2) is 6.32. The number of amides is 1. The molecule has 1 heterocycles. The molecule has 2 N–H and O–H groups in total. The van der Waals surface area contributed by atoms with Gasteiger partial charge >= 0.3 is 0 Å². The molecule has 1 aromatic carbocycles. The van der Waals surface area contributed by atoms with Crippen LogP contribution in [0.15, 0.2) is 24.4 Å². The monoisotopic (exact) mass is 276 g/mol. The van der Waals surface area contributed by atoms with E-state index in [1.807, 2.05) is 0 Å². The van der Waals surface area contributed by atoms with E-state index in [0.717, 1.165) is 19.3 Å². The summed E-state index contributed by atoms with van der Waals surface area (Å²) < 4.78 is 13.1. The number of hydrogen-bond acceptors (Lipinski definition) is 2. The molecule has 0 aliphatic rings. The molecule has 2 aromatic rings. The lowest BCUT2D eigenvalue weighted by Gasteiger charge is -2.03. The Morgan fingerprint density at radius 1 is 1.30 bits per heavy atom. The van der Waals surface area contributed by atoms with Gasteiger partial charge in [-0.25, -0.2) is 4.39 Å². The van der Waals surface area contributed by atoms with Gasteiger partial charge in [0, 0.05) is 23.6 Å². The normalized spacial score (nSPS) is 10.7. The van der Waals surface area contributed by atoms with Gasteiger partial charge in [0.05, 0.1) is 5.56 Å². The molecule has 20 heavy (non-hydrogen) atoms. The first kappa shape index (κ1) is 14.2. The van der Waals surface area contributed by atoms with Crippen molar-refractivity contribution in [3.05, 3.63) is 35.8 Å². The van der Waals surface area contributed by atoms with Gasteiger partial charge in [0.1, 0.15) is 5.82 Å². The molecule has 1 aromatic heterocycles. The molecule has 0 saturated heterocycles. The molecule has 2 rings (SSSR count). The third kappa shape index (κ3) is 3.04. The smallest absolute Gasteiger partial charge is 0.292 e. The van der Waals surface area contributed by atoms with Crippen LogP contribution in [0.2, 0.25) is 0 Å². The van der Waals surface area contributed by atoms with E-state index in [1.54, 1.807) is 0 Å². The molecule has 1 amide bonds. The molecular weight excluding hydrogens is 259 g/mol. The Hall–Kier alpha value is -2.17. The van der Waals surface area contributed by atoms with Crippen molar-refractivity contribution in [2.75, 3.05) is 6.54 Å². The highest BCUT2D eigenvalue weighted by Crippen LogP contribution is 2.19. The summed E-state index contributed by atoms with van der Waals surface area (Å²) in [7, 11) is 0. The fourth-order valence-electron chi connectivity index (χ4n) is 2.07. The molecule has 0 fully saturated rings. The third-order valence-electron chi connectivity index (χ3n) is 3.16. The number of carbonyl (C=O) groups is 2. The van der Waals surface area contributed by atoms with Crippen LogP contribution < -0.4 is 5.32 Å². The fourth-order valence-corrected chi connectivity index (χ4v) is 2.07. The van der Waals surface area contributed by atoms with Crippen LogP contribution in [0.1, 0.15) is 36.5 Å². The number of hydrogen-bond donors (Lipinski definition) is 2. The minimum Gasteiger partial charge on any atom is -0.360 e. The number of H-pyrrole nitrogens is 1. The van der Waals surface area contributed by atoms with Gasteiger partial charge in [0.15, 0.2) is 0 Å². The Kier molecular flexibility index (Phi) is 4.50. The quantitative estimate of drug-likeness (QED) is 0.484. The van der Waals surface area contributed by atoms with E-state index in [9.17, 15) is 14.0 Å². The average molecular weight is 276 g/mol. The Morgan fingerprint density at radius 2 is 2.10 bits per heavy atom. The van der Waals surface area contributed by atoms with Gasteiger partial charge < -0.3 is 10.3 Å². The molecule has 0 unspecified atom stereocenters. The minimum atomic E-state index is -0.619. The summed E-state index contributed by atoms with van der Waals surface area (Å²) in [4.78, 5) is 26.6. The molecule has 4 nitrogen and oxygen atoms in total. The number of nitrogens with one attached hydrogen (secondary N) is 2. The van der Waals surface area contributed by atoms with Crippen LogP contribution >= 0.6 is 0 Å². The predicted molar refractivity (Wildman–Crippen MR) is 75.1 cm³/mol. The molecule has 106 valence electrons. The van der Waals surface area contributed by atoms with Crippen LogP contribution in [0.5, 0.6) is 0 Å². The standard InChI is InChI=1S/C15H17FN2O2/c1-2-3-4-7-17-15(20)14(19)12-9-18-13-8-10(16)5-6-11(12)13/h5-6,8-9,18H,2-4,7H2,1H3,(H,17,20). The van der Waals surface area contributed by atoms with Crippen LogP contribution in [0.3, 0.4) is 0 Å². The highest BCUT2D eigenvalue weighted by molar-refractivity contribution is 6.44. The molecule has 0 aliphatic carbocycles.